The summed E-state index contributed by atoms with van der Waals surface area (Å²) in [5.74, 6) is -1.06. The quantitative estimate of drug-likeness (QED) is 0.0392. The number of anilines is 1. The van der Waals surface area contributed by atoms with Crippen LogP contribution in [0.3, 0.4) is 0 Å². The summed E-state index contributed by atoms with van der Waals surface area (Å²) >= 11 is 1.13. The van der Waals surface area contributed by atoms with Gasteiger partial charge in [-0.2, -0.15) is 4.31 Å². The van der Waals surface area contributed by atoms with Crippen molar-refractivity contribution >= 4 is 69.1 Å². The van der Waals surface area contributed by atoms with Crippen molar-refractivity contribution in [3.8, 4) is 0 Å². The monoisotopic (exact) mass is 965 g/mol. The van der Waals surface area contributed by atoms with Crippen molar-refractivity contribution in [3.63, 3.8) is 0 Å². The number of amides is 2. The minimum Gasteiger partial charge on any atom is -0.396 e. The predicted molar refractivity (Wildman–Crippen MR) is 220 cm³/mol. The highest BCUT2D eigenvalue weighted by atomic mass is 32.2. The number of imidazole rings is 1. The van der Waals surface area contributed by atoms with Crippen LogP contribution in [0.1, 0.15) is 90.7 Å². The molecular weight excluding hydrogens is 907 g/mol. The molecule has 25 nitrogen and oxygen atoms in total. The second kappa shape index (κ2) is 25.3. The first-order valence-electron chi connectivity index (χ1n) is 19.7. The van der Waals surface area contributed by atoms with Crippen molar-refractivity contribution in [1.82, 2.24) is 30.2 Å². The molecule has 11 N–H and O–H groups in total. The van der Waals surface area contributed by atoms with E-state index < -0.39 is 84.6 Å². The van der Waals surface area contributed by atoms with E-state index in [1.807, 2.05) is 0 Å². The Morgan fingerprint density at radius 3 is 2.19 bits per heavy atom. The highest BCUT2D eigenvalue weighted by Crippen LogP contribution is 2.61. The summed E-state index contributed by atoms with van der Waals surface area (Å²) in [4.78, 5) is 88.0. The Bertz CT molecular complexity index is 1910. The van der Waals surface area contributed by atoms with Gasteiger partial charge in [0.25, 0.3) is 0 Å². The summed E-state index contributed by atoms with van der Waals surface area (Å²) in [5.41, 5.74) is 4.27. The molecule has 0 spiro atoms. The third kappa shape index (κ3) is 18.6. The summed E-state index contributed by atoms with van der Waals surface area (Å²) in [6.07, 6.45) is 2.84. The van der Waals surface area contributed by atoms with Crippen molar-refractivity contribution in [2.75, 3.05) is 44.4 Å². The molecule has 29 heteroatoms. The Kier molecular flexibility index (Phi) is 22.0. The number of phosphoric acid groups is 3. The molecule has 1 saturated heterocycles. The van der Waals surface area contributed by atoms with Crippen LogP contribution in [0.5, 0.6) is 0 Å². The Morgan fingerprint density at radius 2 is 1.55 bits per heavy atom. The molecule has 2 aromatic heterocycles. The van der Waals surface area contributed by atoms with Crippen LogP contribution in [-0.4, -0.2) is 134 Å². The molecule has 2 amide bonds. The number of thioether (sulfide) groups is 1. The predicted octanol–water partition coefficient (Wildman–Crippen LogP) is 1.56. The molecule has 354 valence electrons. The van der Waals surface area contributed by atoms with E-state index >= 15 is 0 Å². The number of aromatic nitrogens is 4. The zero-order chi connectivity index (χ0) is 46.1. The molecule has 0 aliphatic carbocycles. The third-order valence-electron chi connectivity index (χ3n) is 9.30. The molecule has 0 bridgehead atoms. The number of ether oxygens (including phenoxy) is 1. The van der Waals surface area contributed by atoms with E-state index in [0.717, 1.165) is 86.8 Å². The zero-order valence-electron chi connectivity index (χ0n) is 34.3. The van der Waals surface area contributed by atoms with Crippen molar-refractivity contribution in [2.24, 2.45) is 5.41 Å². The summed E-state index contributed by atoms with van der Waals surface area (Å²) in [5, 5.41) is 35.3. The molecule has 2 aromatic rings. The fourth-order valence-corrected chi connectivity index (χ4v) is 9.54. The third-order valence-corrected chi connectivity index (χ3v) is 13.3. The lowest BCUT2D eigenvalue weighted by molar-refractivity contribution is -0.137. The first-order chi connectivity index (χ1) is 29.1. The normalized spacial score (nSPS) is 20.7. The van der Waals surface area contributed by atoms with Gasteiger partial charge in [0, 0.05) is 43.7 Å². The van der Waals surface area contributed by atoms with Gasteiger partial charge in [0.1, 0.15) is 36.3 Å². The molecule has 1 aliphatic heterocycles. The van der Waals surface area contributed by atoms with Crippen molar-refractivity contribution < 1.29 is 85.6 Å². The molecule has 1 aliphatic rings. The Morgan fingerprint density at radius 1 is 0.919 bits per heavy atom. The topological polar surface area (TPSA) is 384 Å². The van der Waals surface area contributed by atoms with Gasteiger partial charge in [0.05, 0.1) is 19.5 Å². The molecule has 0 aromatic carbocycles. The number of carbonyl (C=O) groups excluding carboxylic acids is 3. The molecule has 0 radical (unpaired) electrons. The Hall–Kier alpha value is -2.48. The number of phosphoric ester groups is 3. The summed E-state index contributed by atoms with van der Waals surface area (Å²) in [7, 11) is -16.4. The van der Waals surface area contributed by atoms with Gasteiger partial charge < -0.3 is 56.0 Å². The number of nitrogen functional groups attached to an aromatic ring is 1. The number of carbonyl (C=O) groups is 3. The largest absolute Gasteiger partial charge is 0.481 e. The second-order valence-electron chi connectivity index (χ2n) is 14.9. The van der Waals surface area contributed by atoms with Crippen molar-refractivity contribution in [1.29, 1.82) is 0 Å². The number of unbranched alkanes of at least 4 members (excludes halogenated alkanes) is 8. The van der Waals surface area contributed by atoms with Crippen LogP contribution in [0, 0.1) is 5.41 Å². The van der Waals surface area contributed by atoms with Crippen LogP contribution in [0.4, 0.5) is 5.82 Å². The number of nitrogens with one attached hydrogen (secondary N) is 2. The van der Waals surface area contributed by atoms with Gasteiger partial charge >= 0.3 is 23.5 Å². The number of hydrogen-bond donors (Lipinski definition) is 10. The van der Waals surface area contributed by atoms with Crippen molar-refractivity contribution in [2.45, 2.75) is 115 Å². The van der Waals surface area contributed by atoms with E-state index in [1.54, 1.807) is 0 Å². The second-order valence-corrected chi connectivity index (χ2v) is 20.3. The fraction of sp³-hybridized carbons (Fsp3) is 0.758. The number of nitrogens with two attached hydrogens (primary N) is 1. The van der Waals surface area contributed by atoms with Gasteiger partial charge in [-0.15, -0.1) is 0 Å². The highest BCUT2D eigenvalue weighted by molar-refractivity contribution is 8.13. The maximum Gasteiger partial charge on any atom is 0.481 e. The fourth-order valence-electron chi connectivity index (χ4n) is 5.99. The number of aliphatic hydroxyl groups is 3. The molecule has 3 rings (SSSR count). The maximum absolute atomic E-state index is 12.7. The number of hydrogen-bond acceptors (Lipinski definition) is 19. The first-order valence-corrected chi connectivity index (χ1v) is 25.2. The van der Waals surface area contributed by atoms with Gasteiger partial charge in [-0.3, -0.25) is 32.5 Å². The minimum atomic E-state index is -5.58. The summed E-state index contributed by atoms with van der Waals surface area (Å²) < 4.78 is 62.3. The van der Waals surface area contributed by atoms with Crippen molar-refractivity contribution in [3.05, 3.63) is 12.7 Å². The minimum absolute atomic E-state index is 0.0303. The number of rotatable bonds is 30. The molecule has 0 saturated carbocycles. The summed E-state index contributed by atoms with van der Waals surface area (Å²) in [6, 6.07) is 0. The van der Waals surface area contributed by atoms with Crippen LogP contribution in [-0.2, 0) is 50.7 Å². The van der Waals surface area contributed by atoms with Crippen LogP contribution in [0.15, 0.2) is 12.7 Å². The molecule has 2 unspecified atom stereocenters. The first kappa shape index (κ1) is 53.9. The van der Waals surface area contributed by atoms with E-state index in [4.69, 9.17) is 24.6 Å². The lowest BCUT2D eigenvalue weighted by Crippen LogP contribution is -2.46. The number of aliphatic hydroxyl groups excluding tert-OH is 3. The smallest absolute Gasteiger partial charge is 0.396 e. The van der Waals surface area contributed by atoms with Crippen LogP contribution in [0.25, 0.3) is 11.2 Å². The van der Waals surface area contributed by atoms with Gasteiger partial charge in [0.15, 0.2) is 22.8 Å². The molecular formula is C33H58N7O18P3S. The molecule has 62 heavy (non-hydrogen) atoms. The van der Waals surface area contributed by atoms with E-state index in [0.29, 0.717) is 12.2 Å². The van der Waals surface area contributed by atoms with Crippen LogP contribution in [0.2, 0.25) is 0 Å². The zero-order valence-corrected chi connectivity index (χ0v) is 37.8. The molecule has 7 atom stereocenters. The average molecular weight is 966 g/mol. The Balaban J connectivity index is 1.37. The van der Waals surface area contributed by atoms with Gasteiger partial charge in [-0.1, -0.05) is 70.6 Å². The van der Waals surface area contributed by atoms with E-state index in [-0.39, 0.29) is 48.2 Å². The maximum atomic E-state index is 12.7. The van der Waals surface area contributed by atoms with E-state index in [1.165, 1.54) is 13.8 Å². The number of nitrogens with zero attached hydrogens (tertiary/aromatic N) is 4. The lowest BCUT2D eigenvalue weighted by atomic mass is 9.87. The lowest BCUT2D eigenvalue weighted by Gasteiger charge is -2.30. The van der Waals surface area contributed by atoms with Crippen LogP contribution >= 0.6 is 35.2 Å². The van der Waals surface area contributed by atoms with Gasteiger partial charge in [-0.25, -0.2) is 28.6 Å². The molecule has 3 heterocycles. The standard InChI is InChI=1S/C33H58N7O18P3S/c1-33(2,28(45)31(46)36-14-13-23(42)35-15-17-62-24(43)12-10-8-6-4-3-5-7-9-11-16-41)19-55-61(52,53)58-60(50,51)54-18-22-27(57-59(47,48)49)26(44)32(56-22)40-21-39-25-29(34)37-20-38-30(25)40/h20-22,26-28,32,41,44-45H,3-19H2,1-2H3,(H,35,42)(H,36,46)(H,50,51)(H,52,53)(H2,34,37,38)(H2,47,48,49)/t22-,26-,27-,28+,32-/m1/s1. The van der Waals surface area contributed by atoms with Crippen LogP contribution < -0.4 is 16.4 Å². The summed E-state index contributed by atoms with van der Waals surface area (Å²) in [6.45, 7) is 0.765. The van der Waals surface area contributed by atoms with E-state index in [2.05, 4.69) is 34.4 Å². The highest BCUT2D eigenvalue weighted by Gasteiger charge is 2.50. The van der Waals surface area contributed by atoms with Gasteiger partial charge in [0.2, 0.25) is 11.8 Å². The molecule has 1 fully saturated rings. The SMILES string of the molecule is CC(C)(COP(=O)(O)OP(=O)(O)OC[C@H]1O[C@@H](n2cnc3c(N)ncnc32)[C@H](O)[C@@H]1OP(=O)(O)O)[C@@H](O)C(=O)NCCC(=O)NCCSC(=O)CCCCCCCCCCCO. The average Bonchev–Trinajstić information content (AvgIpc) is 3.75. The van der Waals surface area contributed by atoms with Gasteiger partial charge in [-0.05, 0) is 12.8 Å². The van der Waals surface area contributed by atoms with E-state index in [9.17, 15) is 57.9 Å². The number of fused-ring (bicyclic) bond motifs is 1. The Labute approximate surface area is 361 Å².